The first-order chi connectivity index (χ1) is 10.3. The van der Waals surface area contributed by atoms with Crippen LogP contribution >= 0.6 is 0 Å². The van der Waals surface area contributed by atoms with Crippen molar-refractivity contribution in [3.05, 3.63) is 12.7 Å². The molecule has 5 heteroatoms. The van der Waals surface area contributed by atoms with E-state index in [-0.39, 0.29) is 6.09 Å². The van der Waals surface area contributed by atoms with Gasteiger partial charge in [-0.3, -0.25) is 4.90 Å². The Labute approximate surface area is 135 Å². The predicted octanol–water partition coefficient (Wildman–Crippen LogP) is 2.48. The van der Waals surface area contributed by atoms with Crippen molar-refractivity contribution in [2.24, 2.45) is 0 Å². The van der Waals surface area contributed by atoms with E-state index in [9.17, 15) is 4.79 Å². The molecule has 0 aromatic carbocycles. The average Bonchev–Trinajstić information content (AvgIpc) is 2.44. The summed E-state index contributed by atoms with van der Waals surface area (Å²) in [6, 6.07) is 0.529. The highest BCUT2D eigenvalue weighted by Crippen LogP contribution is 2.11. The van der Waals surface area contributed by atoms with Gasteiger partial charge in [-0.15, -0.1) is 6.58 Å². The number of nitrogens with one attached hydrogen (secondary N) is 1. The zero-order valence-corrected chi connectivity index (χ0v) is 14.7. The van der Waals surface area contributed by atoms with Gasteiger partial charge in [0.15, 0.2) is 0 Å². The Morgan fingerprint density at radius 1 is 1.32 bits per heavy atom. The van der Waals surface area contributed by atoms with E-state index in [1.807, 2.05) is 31.7 Å². The molecule has 0 bridgehead atoms. The molecule has 128 valence electrons. The number of carbonyl (C=O) groups excluding carboxylic acids is 1. The Balaban J connectivity index is 2.17. The number of piperazine rings is 1. The van der Waals surface area contributed by atoms with E-state index < -0.39 is 5.60 Å². The number of nitrogens with zero attached hydrogens (tertiary/aromatic N) is 2. The van der Waals surface area contributed by atoms with E-state index in [2.05, 4.69) is 23.7 Å². The first-order valence-corrected chi connectivity index (χ1v) is 8.36. The zero-order chi connectivity index (χ0) is 16.6. The first-order valence-electron chi connectivity index (χ1n) is 8.36. The molecule has 1 N–H and O–H groups in total. The highest BCUT2D eigenvalue weighted by molar-refractivity contribution is 5.68. The zero-order valence-electron chi connectivity index (χ0n) is 14.7. The summed E-state index contributed by atoms with van der Waals surface area (Å²) in [6.07, 6.45) is 3.97. The summed E-state index contributed by atoms with van der Waals surface area (Å²) in [5.41, 5.74) is -0.417. The smallest absolute Gasteiger partial charge is 0.410 e. The molecular weight excluding hydrogens is 278 g/mol. The second-order valence-electron chi connectivity index (χ2n) is 7.03. The van der Waals surface area contributed by atoms with Crippen molar-refractivity contribution in [1.29, 1.82) is 0 Å². The fraction of sp³-hybridized carbons (Fsp3) is 0.824. The van der Waals surface area contributed by atoms with Gasteiger partial charge in [-0.2, -0.15) is 0 Å². The average molecular weight is 311 g/mol. The molecule has 1 heterocycles. The van der Waals surface area contributed by atoms with Gasteiger partial charge in [0.05, 0.1) is 0 Å². The fourth-order valence-corrected chi connectivity index (χ4v) is 2.42. The van der Waals surface area contributed by atoms with Gasteiger partial charge < -0.3 is 15.0 Å². The van der Waals surface area contributed by atoms with Crippen LogP contribution in [0.3, 0.4) is 0 Å². The number of amides is 1. The molecule has 0 aromatic heterocycles. The molecule has 1 aliphatic rings. The molecule has 5 nitrogen and oxygen atoms in total. The van der Waals surface area contributed by atoms with Crippen LogP contribution in [0.15, 0.2) is 12.7 Å². The van der Waals surface area contributed by atoms with Gasteiger partial charge in [-0.25, -0.2) is 4.79 Å². The van der Waals surface area contributed by atoms with Crippen LogP contribution in [-0.2, 0) is 4.74 Å². The number of carbonyl (C=O) groups is 1. The molecule has 0 spiro atoms. The number of rotatable bonds is 7. The summed E-state index contributed by atoms with van der Waals surface area (Å²) in [5.74, 6) is 0. The van der Waals surface area contributed by atoms with Crippen molar-refractivity contribution in [3.8, 4) is 0 Å². The van der Waals surface area contributed by atoms with Gasteiger partial charge in [-0.1, -0.05) is 6.08 Å². The monoisotopic (exact) mass is 311 g/mol. The van der Waals surface area contributed by atoms with Crippen LogP contribution < -0.4 is 5.32 Å². The number of hydrogen-bond acceptors (Lipinski definition) is 4. The van der Waals surface area contributed by atoms with Crippen molar-refractivity contribution in [2.45, 2.75) is 52.2 Å². The minimum absolute atomic E-state index is 0.191. The maximum absolute atomic E-state index is 12.0. The molecule has 0 saturated carbocycles. The summed E-state index contributed by atoms with van der Waals surface area (Å²) in [7, 11) is 0. The Kier molecular flexibility index (Phi) is 7.90. The molecule has 1 aliphatic heterocycles. The van der Waals surface area contributed by atoms with Crippen molar-refractivity contribution in [2.75, 3.05) is 39.3 Å². The lowest BCUT2D eigenvalue weighted by Gasteiger charge is -2.35. The summed E-state index contributed by atoms with van der Waals surface area (Å²) >= 11 is 0. The van der Waals surface area contributed by atoms with Gasteiger partial charge in [-0.05, 0) is 40.5 Å². The van der Waals surface area contributed by atoms with E-state index in [0.717, 1.165) is 52.1 Å². The normalized spacial score (nSPS) is 18.1. The Hall–Kier alpha value is -1.07. The van der Waals surface area contributed by atoms with Crippen LogP contribution in [0, 0.1) is 0 Å². The largest absolute Gasteiger partial charge is 0.444 e. The van der Waals surface area contributed by atoms with E-state index in [1.54, 1.807) is 0 Å². The second kappa shape index (κ2) is 9.16. The number of hydrogen-bond donors (Lipinski definition) is 1. The van der Waals surface area contributed by atoms with Crippen molar-refractivity contribution in [3.63, 3.8) is 0 Å². The molecular formula is C17H33N3O2. The lowest BCUT2D eigenvalue weighted by atomic mass is 10.2. The van der Waals surface area contributed by atoms with Crippen LogP contribution in [0.1, 0.15) is 40.5 Å². The Bertz CT molecular complexity index is 344. The quantitative estimate of drug-likeness (QED) is 0.734. The van der Waals surface area contributed by atoms with Gasteiger partial charge in [0.2, 0.25) is 0 Å². The molecule has 1 amide bonds. The SMILES string of the molecule is C=CCCC(C)NCCN1CCN(C(=O)OC(C)(C)C)CC1. The lowest BCUT2D eigenvalue weighted by Crippen LogP contribution is -2.51. The first kappa shape index (κ1) is 19.0. The second-order valence-corrected chi connectivity index (χ2v) is 7.03. The van der Waals surface area contributed by atoms with Gasteiger partial charge in [0.1, 0.15) is 5.60 Å². The summed E-state index contributed by atoms with van der Waals surface area (Å²) in [4.78, 5) is 16.2. The Morgan fingerprint density at radius 2 is 1.95 bits per heavy atom. The van der Waals surface area contributed by atoms with Crippen molar-refractivity contribution >= 4 is 6.09 Å². The predicted molar refractivity (Wildman–Crippen MR) is 91.1 cm³/mol. The third kappa shape index (κ3) is 7.80. The molecule has 1 saturated heterocycles. The molecule has 0 radical (unpaired) electrons. The molecule has 22 heavy (non-hydrogen) atoms. The third-order valence-electron chi connectivity index (χ3n) is 3.75. The summed E-state index contributed by atoms with van der Waals surface area (Å²) < 4.78 is 5.41. The topological polar surface area (TPSA) is 44.8 Å². The molecule has 1 rings (SSSR count). The van der Waals surface area contributed by atoms with E-state index >= 15 is 0 Å². The lowest BCUT2D eigenvalue weighted by molar-refractivity contribution is 0.0146. The molecule has 1 unspecified atom stereocenters. The van der Waals surface area contributed by atoms with E-state index in [4.69, 9.17) is 4.74 Å². The molecule has 0 aliphatic carbocycles. The number of allylic oxidation sites excluding steroid dienone is 1. The van der Waals surface area contributed by atoms with Crippen LogP contribution in [0.25, 0.3) is 0 Å². The summed E-state index contributed by atoms with van der Waals surface area (Å²) in [5, 5.41) is 3.54. The van der Waals surface area contributed by atoms with Crippen LogP contribution in [-0.4, -0.2) is 66.8 Å². The fourth-order valence-electron chi connectivity index (χ4n) is 2.42. The highest BCUT2D eigenvalue weighted by atomic mass is 16.6. The van der Waals surface area contributed by atoms with Crippen LogP contribution in [0.4, 0.5) is 4.79 Å². The molecule has 1 atom stereocenters. The summed E-state index contributed by atoms with van der Waals surface area (Å²) in [6.45, 7) is 17.0. The van der Waals surface area contributed by atoms with Crippen molar-refractivity contribution < 1.29 is 9.53 Å². The highest BCUT2D eigenvalue weighted by Gasteiger charge is 2.25. The Morgan fingerprint density at radius 3 is 2.50 bits per heavy atom. The van der Waals surface area contributed by atoms with E-state index in [1.165, 1.54) is 0 Å². The maximum atomic E-state index is 12.0. The standard InChI is InChI=1S/C17H33N3O2/c1-6-7-8-15(2)18-9-10-19-11-13-20(14-12-19)16(21)22-17(3,4)5/h6,15,18H,1,7-14H2,2-5H3. The van der Waals surface area contributed by atoms with Crippen molar-refractivity contribution in [1.82, 2.24) is 15.1 Å². The van der Waals surface area contributed by atoms with E-state index in [0.29, 0.717) is 6.04 Å². The minimum atomic E-state index is -0.417. The van der Waals surface area contributed by atoms with Gasteiger partial charge in [0.25, 0.3) is 0 Å². The van der Waals surface area contributed by atoms with Crippen LogP contribution in [0.5, 0.6) is 0 Å². The molecule has 0 aromatic rings. The third-order valence-corrected chi connectivity index (χ3v) is 3.75. The van der Waals surface area contributed by atoms with Crippen LogP contribution in [0.2, 0.25) is 0 Å². The van der Waals surface area contributed by atoms with Gasteiger partial charge >= 0.3 is 6.09 Å². The molecule has 1 fully saturated rings. The number of ether oxygens (including phenoxy) is 1. The maximum Gasteiger partial charge on any atom is 0.410 e. The minimum Gasteiger partial charge on any atom is -0.444 e. The van der Waals surface area contributed by atoms with Gasteiger partial charge in [0, 0.05) is 45.3 Å².